The van der Waals surface area contributed by atoms with Crippen LogP contribution in [0.1, 0.15) is 62.6 Å². The number of ether oxygens (including phenoxy) is 1. The highest BCUT2D eigenvalue weighted by Gasteiger charge is 2.59. The summed E-state index contributed by atoms with van der Waals surface area (Å²) in [6, 6.07) is 6.53. The fourth-order valence-electron chi connectivity index (χ4n) is 5.80. The van der Waals surface area contributed by atoms with Crippen molar-refractivity contribution in [1.82, 2.24) is 20.5 Å². The van der Waals surface area contributed by atoms with Gasteiger partial charge in [-0.2, -0.15) is 0 Å². The molecule has 0 radical (unpaired) electrons. The molecule has 1 aliphatic carbocycles. The zero-order chi connectivity index (χ0) is 30.1. The third-order valence-corrected chi connectivity index (χ3v) is 8.08. The Bertz CT molecular complexity index is 1260. The van der Waals surface area contributed by atoms with E-state index in [1.165, 1.54) is 12.1 Å². The van der Waals surface area contributed by atoms with Crippen LogP contribution in [0.5, 0.6) is 5.75 Å². The van der Waals surface area contributed by atoms with Crippen LogP contribution in [-0.4, -0.2) is 58.8 Å². The number of pyridine rings is 1. The lowest BCUT2D eigenvalue weighted by molar-refractivity contribution is -0.135. The van der Waals surface area contributed by atoms with Gasteiger partial charge in [0.1, 0.15) is 17.7 Å². The van der Waals surface area contributed by atoms with Crippen molar-refractivity contribution >= 4 is 11.8 Å². The highest BCUT2D eigenvalue weighted by atomic mass is 19.1. The zero-order valence-corrected chi connectivity index (χ0v) is 24.7. The molecule has 5 atom stereocenters. The number of rotatable bonds is 9. The average Bonchev–Trinajstić information content (AvgIpc) is 3.69. The van der Waals surface area contributed by atoms with Crippen LogP contribution in [0.4, 0.5) is 4.39 Å². The van der Waals surface area contributed by atoms with Crippen LogP contribution in [0.3, 0.4) is 0 Å². The molecule has 2 aromatic rings. The third-order valence-electron chi connectivity index (χ3n) is 8.08. The topological polar surface area (TPSA) is 104 Å². The minimum Gasteiger partial charge on any atom is -0.468 e. The molecule has 2 bridgehead atoms. The van der Waals surface area contributed by atoms with Crippen LogP contribution in [0.25, 0.3) is 0 Å². The predicted molar refractivity (Wildman–Crippen MR) is 159 cm³/mol. The summed E-state index contributed by atoms with van der Waals surface area (Å²) >= 11 is 0. The number of amides is 2. The summed E-state index contributed by atoms with van der Waals surface area (Å²) in [6.07, 6.45) is 12.0. The Hall–Kier alpha value is -3.48. The fraction of sp³-hybridized carbons (Fsp3) is 0.545. The minimum absolute atomic E-state index is 0.0424. The molecule has 1 aromatic heterocycles. The number of carbonyl (C=O) groups is 2. The maximum atomic E-state index is 14.6. The summed E-state index contributed by atoms with van der Waals surface area (Å²) in [5, 5.41) is 17.2. The Morgan fingerprint density at radius 1 is 1.17 bits per heavy atom. The molecule has 5 unspecified atom stereocenters. The first-order chi connectivity index (χ1) is 20.3. The molecule has 42 heavy (non-hydrogen) atoms. The molecule has 8 nitrogen and oxygen atoms in total. The van der Waals surface area contributed by atoms with E-state index in [1.54, 1.807) is 12.3 Å². The molecule has 0 spiro atoms. The number of nitrogens with one attached hydrogen (secondary N) is 2. The normalized spacial score (nSPS) is 23.7. The molecular formula is C33H43FN4O4. The van der Waals surface area contributed by atoms with Crippen LogP contribution in [0.2, 0.25) is 0 Å². The lowest BCUT2D eigenvalue weighted by Gasteiger charge is -2.26. The van der Waals surface area contributed by atoms with Crippen LogP contribution in [0, 0.1) is 35.9 Å². The van der Waals surface area contributed by atoms with Crippen LogP contribution >= 0.6 is 0 Å². The molecule has 2 heterocycles. The van der Waals surface area contributed by atoms with Gasteiger partial charge >= 0.3 is 0 Å². The first kappa shape index (κ1) is 31.5. The van der Waals surface area contributed by atoms with E-state index in [4.69, 9.17) is 11.2 Å². The monoisotopic (exact) mass is 578 g/mol. The third kappa shape index (κ3) is 8.30. The molecule has 1 aromatic carbocycles. The Morgan fingerprint density at radius 2 is 1.98 bits per heavy atom. The molecule has 1 saturated carbocycles. The second-order valence-electron chi connectivity index (χ2n) is 11.4. The van der Waals surface area contributed by atoms with Gasteiger partial charge in [-0.25, -0.2) is 4.39 Å². The summed E-state index contributed by atoms with van der Waals surface area (Å²) < 4.78 is 20.6. The van der Waals surface area contributed by atoms with E-state index in [-0.39, 0.29) is 24.1 Å². The molecule has 2 amide bonds. The molecule has 1 fully saturated rings. The number of aryl methyl sites for hydroxylation is 2. The number of aromatic nitrogens is 1. The first-order valence-corrected chi connectivity index (χ1v) is 15.1. The molecule has 3 N–H and O–H groups in total. The quantitative estimate of drug-likeness (QED) is 0.393. The van der Waals surface area contributed by atoms with E-state index < -0.39 is 35.9 Å². The Kier molecular flexibility index (Phi) is 11.3. The number of aliphatic hydroxyl groups excluding tert-OH is 1. The molecule has 9 heteroatoms. The van der Waals surface area contributed by atoms with Gasteiger partial charge in [-0.3, -0.25) is 14.6 Å². The standard InChI is InChI=1S/C33H43FN4O4/c1-4-10-27-29-30(27)33(41)38(12-5-2)13-9-7-8-11-23-15-25(34)17-26(16-23)42-32(37-31(29)40)28(39)21-36-20-24-14-22(6-3)18-35-19-24/h1,14-19,27-30,32,36,39H,5-13,20-21H2,2-3H3,(H,37,40). The lowest BCUT2D eigenvalue weighted by atomic mass is 10.1. The number of carbonyl (C=O) groups excluding carboxylic acids is 2. The van der Waals surface area contributed by atoms with Crippen molar-refractivity contribution in [2.24, 2.45) is 17.8 Å². The summed E-state index contributed by atoms with van der Waals surface area (Å²) in [6.45, 7) is 5.86. The van der Waals surface area contributed by atoms with Gasteiger partial charge in [0.2, 0.25) is 11.8 Å². The van der Waals surface area contributed by atoms with Crippen molar-refractivity contribution in [2.75, 3.05) is 19.6 Å². The van der Waals surface area contributed by atoms with Crippen molar-refractivity contribution in [3.63, 3.8) is 0 Å². The number of nitrogens with zero attached hydrogens (tertiary/aromatic N) is 2. The van der Waals surface area contributed by atoms with Crippen LogP contribution < -0.4 is 15.4 Å². The van der Waals surface area contributed by atoms with E-state index in [0.717, 1.165) is 48.8 Å². The molecule has 226 valence electrons. The number of hydrogen-bond donors (Lipinski definition) is 3. The molecule has 0 saturated heterocycles. The largest absolute Gasteiger partial charge is 0.468 e. The summed E-state index contributed by atoms with van der Waals surface area (Å²) in [7, 11) is 0. The maximum Gasteiger partial charge on any atom is 0.227 e. The maximum absolute atomic E-state index is 14.6. The lowest BCUT2D eigenvalue weighted by Crippen LogP contribution is -2.51. The Labute approximate surface area is 248 Å². The molecular weight excluding hydrogens is 535 g/mol. The van der Waals surface area contributed by atoms with Crippen molar-refractivity contribution in [3.05, 3.63) is 59.2 Å². The van der Waals surface area contributed by atoms with Gasteiger partial charge in [0.25, 0.3) is 0 Å². The van der Waals surface area contributed by atoms with Crippen molar-refractivity contribution in [2.45, 2.75) is 77.7 Å². The van der Waals surface area contributed by atoms with Gasteiger partial charge in [-0.15, -0.1) is 12.3 Å². The number of halogens is 1. The predicted octanol–water partition coefficient (Wildman–Crippen LogP) is 3.61. The Morgan fingerprint density at radius 3 is 2.74 bits per heavy atom. The zero-order valence-electron chi connectivity index (χ0n) is 24.7. The SMILES string of the molecule is C#CCC1C2C(=O)NC(C(O)CNCc3cncc(CC)c3)Oc3cc(F)cc(c3)CCCCCN(CCC)C(=O)C12. The number of terminal acetylenes is 1. The average molecular weight is 579 g/mol. The van der Waals surface area contributed by atoms with Crippen molar-refractivity contribution in [3.8, 4) is 18.1 Å². The van der Waals surface area contributed by atoms with Crippen molar-refractivity contribution in [1.29, 1.82) is 0 Å². The van der Waals surface area contributed by atoms with E-state index in [0.29, 0.717) is 32.5 Å². The van der Waals surface area contributed by atoms with Gasteiger partial charge in [-0.1, -0.05) is 26.3 Å². The van der Waals surface area contributed by atoms with Crippen molar-refractivity contribution < 1.29 is 23.8 Å². The second-order valence-corrected chi connectivity index (χ2v) is 11.4. The van der Waals surface area contributed by atoms with E-state index >= 15 is 0 Å². The smallest absolute Gasteiger partial charge is 0.227 e. The summed E-state index contributed by atoms with van der Waals surface area (Å²) in [5.74, 6) is 0.557. The van der Waals surface area contributed by atoms with Gasteiger partial charge < -0.3 is 25.4 Å². The van der Waals surface area contributed by atoms with E-state index in [1.807, 2.05) is 24.1 Å². The van der Waals surface area contributed by atoms with Crippen LogP contribution in [-0.2, 0) is 29.0 Å². The number of benzene rings is 1. The van der Waals surface area contributed by atoms with Gasteiger partial charge in [-0.05, 0) is 66.8 Å². The second kappa shape index (κ2) is 15.1. The van der Waals surface area contributed by atoms with Gasteiger partial charge in [0.05, 0.1) is 11.8 Å². The summed E-state index contributed by atoms with van der Waals surface area (Å²) in [4.78, 5) is 33.2. The molecule has 1 aliphatic heterocycles. The van der Waals surface area contributed by atoms with Gasteiger partial charge in [0, 0.05) is 51.1 Å². The van der Waals surface area contributed by atoms with E-state index in [9.17, 15) is 19.1 Å². The highest BCUT2D eigenvalue weighted by molar-refractivity contribution is 5.93. The molecule has 4 rings (SSSR count). The first-order valence-electron chi connectivity index (χ1n) is 15.1. The van der Waals surface area contributed by atoms with E-state index in [2.05, 4.69) is 28.5 Å². The summed E-state index contributed by atoms with van der Waals surface area (Å²) in [5.41, 5.74) is 2.85. The minimum atomic E-state index is -1.18. The van der Waals surface area contributed by atoms with Crippen LogP contribution in [0.15, 0.2) is 36.7 Å². The number of hydrogen-bond acceptors (Lipinski definition) is 6. The highest BCUT2D eigenvalue weighted by Crippen LogP contribution is 2.50. The number of fused-ring (bicyclic) bond motifs is 3. The Balaban J connectivity index is 1.55. The van der Waals surface area contributed by atoms with Gasteiger partial charge in [0.15, 0.2) is 6.23 Å². The number of aliphatic hydroxyl groups is 1. The fourth-order valence-corrected chi connectivity index (χ4v) is 5.80. The molecule has 2 aliphatic rings.